The summed E-state index contributed by atoms with van der Waals surface area (Å²) in [7, 11) is -11.0. The van der Waals surface area contributed by atoms with E-state index in [0.29, 0.717) is 81.3 Å². The molecular formula is C66H119N11O17P2SSi. The maximum Gasteiger partial charge on any atom is 0.475 e. The minimum Gasteiger partial charge on any atom is -0.412 e. The molecule has 28 nitrogen and oxygen atoms in total. The summed E-state index contributed by atoms with van der Waals surface area (Å²) in [5.41, 5.74) is -0.193. The van der Waals surface area contributed by atoms with Gasteiger partial charge in [0.25, 0.3) is 0 Å². The molecule has 14 atom stereocenters. The highest BCUT2D eigenvalue weighted by atomic mass is 32.2. The fourth-order valence-corrected chi connectivity index (χ4v) is 19.5. The Kier molecular flexibility index (Phi) is 37.7. The minimum absolute atomic E-state index is 0.00373. The van der Waals surface area contributed by atoms with Crippen molar-refractivity contribution in [2.45, 2.75) is 262 Å². The molecular weight excluding hydrogens is 1340 g/mol. The van der Waals surface area contributed by atoms with Crippen molar-refractivity contribution in [2.75, 3.05) is 91.2 Å². The molecule has 0 spiro atoms. The predicted octanol–water partition coefficient (Wildman–Crippen LogP) is 9.63. The van der Waals surface area contributed by atoms with Crippen LogP contribution in [-0.4, -0.2) is 200 Å². The fourth-order valence-electron chi connectivity index (χ4n) is 12.4. The van der Waals surface area contributed by atoms with Crippen LogP contribution in [0.3, 0.4) is 0 Å². The minimum atomic E-state index is -4.65. The molecule has 5 aliphatic heterocycles. The third kappa shape index (κ3) is 30.6. The predicted molar refractivity (Wildman–Crippen MR) is 377 cm³/mol. The van der Waals surface area contributed by atoms with Crippen molar-refractivity contribution in [3.05, 3.63) is 0 Å². The number of nitriles is 2. The summed E-state index contributed by atoms with van der Waals surface area (Å²) in [5.74, 6) is 2.13. The molecule has 0 aromatic carbocycles. The first kappa shape index (κ1) is 81.5. The molecule has 7 amide bonds. The zero-order valence-corrected chi connectivity index (χ0v) is 63.2. The normalized spacial score (nSPS) is 26.0. The Morgan fingerprint density at radius 3 is 2.03 bits per heavy atom. The summed E-state index contributed by atoms with van der Waals surface area (Å²) < 4.78 is 98.1. The number of thioether (sulfide) groups is 1. The number of fused-ring (bicyclic) bond motifs is 1. The molecule has 0 radical (unpaired) electrons. The number of unbranched alkanes of at least 4 members (excludes halogenated alkanes) is 8. The average Bonchev–Trinajstić information content (AvgIpc) is 1.55. The van der Waals surface area contributed by atoms with E-state index in [9.17, 15) is 43.6 Å². The van der Waals surface area contributed by atoms with Crippen LogP contribution in [0.2, 0.25) is 19.1 Å². The van der Waals surface area contributed by atoms with Crippen LogP contribution in [0.1, 0.15) is 191 Å². The summed E-state index contributed by atoms with van der Waals surface area (Å²) in [6.07, 6.45) is 8.87. The molecule has 560 valence electrons. The molecule has 8 N–H and O–H groups in total. The number of carbonyl (C=O) groups excluding carboxylic acids is 5. The molecule has 0 saturated carbocycles. The number of phosphoric ester groups is 2. The summed E-state index contributed by atoms with van der Waals surface area (Å²) in [4.78, 5) is 68.4. The molecule has 0 bridgehead atoms. The van der Waals surface area contributed by atoms with E-state index in [1.807, 2.05) is 30.8 Å². The molecule has 5 fully saturated rings. The first-order valence-electron chi connectivity index (χ1n) is 37.1. The number of aliphatic imine (C=N–C) groups is 1. The number of phosphoric acid groups is 2. The number of aliphatic hydroxyl groups excluding tert-OH is 1. The number of amidine groups is 1. The van der Waals surface area contributed by atoms with Gasteiger partial charge < -0.3 is 50.9 Å². The second kappa shape index (κ2) is 45.3. The standard InChI is InChI=1S/C66H119N11O17P2SSi/c1-9-51(5)66(6,49(2)3)94-98(7,8)43-25-34-69-33-24-41-89-95(84,87-39-22-31-67)92-53-30-42-86-56(53)47-90-96(85,88-40-23-32-68)93-54-44-61(91-55(54)46-78)77-45-50(4)63(76-65(77)83)73-38-19-11-10-18-35-70-58(79)27-14-12-20-36-71-59(80)28-15-13-21-37-72-60(81)29-17-16-26-57-62-52(48-97-57)74-64(82)75-62/h49-57,61-62,69,78H,9-30,33-48H2,1-8H3,(H,70,79)(H,71,80)(H,72,81)(H,73,76,83)(H2,74,75,82)/i42T,78D. The van der Waals surface area contributed by atoms with Crippen LogP contribution in [0, 0.1) is 40.4 Å². The van der Waals surface area contributed by atoms with Crippen LogP contribution in [-0.2, 0) is 64.6 Å². The number of rotatable bonds is 54. The van der Waals surface area contributed by atoms with E-state index in [4.69, 9.17) is 53.9 Å². The van der Waals surface area contributed by atoms with E-state index >= 15 is 0 Å². The van der Waals surface area contributed by atoms with Crippen molar-refractivity contribution in [3.8, 4) is 12.1 Å². The highest BCUT2D eigenvalue weighted by molar-refractivity contribution is 8.00. The first-order chi connectivity index (χ1) is 47.9. The van der Waals surface area contributed by atoms with Crippen LogP contribution < -0.4 is 37.2 Å². The number of carbonyl (C=O) groups is 5. The Morgan fingerprint density at radius 2 is 1.41 bits per heavy atom. The molecule has 5 aliphatic rings. The van der Waals surface area contributed by atoms with E-state index < -0.39 is 73.8 Å². The lowest BCUT2D eigenvalue weighted by Gasteiger charge is -2.45. The van der Waals surface area contributed by atoms with Crippen LogP contribution in [0.15, 0.2) is 4.99 Å². The summed E-state index contributed by atoms with van der Waals surface area (Å²) >= 11 is 1.89. The lowest BCUT2D eigenvalue weighted by atomic mass is 9.80. The number of nitrogens with zero attached hydrogens (tertiary/aromatic N) is 4. The van der Waals surface area contributed by atoms with Crippen LogP contribution in [0.25, 0.3) is 0 Å². The molecule has 0 aliphatic carbocycles. The Balaban J connectivity index is 0.935. The number of aliphatic hydroxyl groups is 1. The van der Waals surface area contributed by atoms with Gasteiger partial charge in [-0.3, -0.25) is 56.7 Å². The maximum absolute atomic E-state index is 14.5. The molecule has 5 rings (SSSR count). The third-order valence-electron chi connectivity index (χ3n) is 18.7. The van der Waals surface area contributed by atoms with E-state index in [0.717, 1.165) is 115 Å². The largest absolute Gasteiger partial charge is 0.475 e. The van der Waals surface area contributed by atoms with Crippen molar-refractivity contribution >= 4 is 71.3 Å². The topological polar surface area (TPSA) is 370 Å². The molecule has 98 heavy (non-hydrogen) atoms. The smallest absolute Gasteiger partial charge is 0.412 e. The summed E-state index contributed by atoms with van der Waals surface area (Å²) in [6, 6.07) is 4.69. The number of amides is 7. The van der Waals surface area contributed by atoms with Gasteiger partial charge >= 0.3 is 27.7 Å². The monoisotopic (exact) mass is 1460 g/mol. The van der Waals surface area contributed by atoms with Crippen molar-refractivity contribution in [1.29, 1.82) is 12.0 Å². The average molecular weight is 1460 g/mol. The van der Waals surface area contributed by atoms with E-state index in [1.54, 1.807) is 0 Å². The summed E-state index contributed by atoms with van der Waals surface area (Å²) in [6.45, 7) is 18.6. The second-order valence-corrected chi connectivity index (χ2v) is 36.1. The molecule has 0 aromatic rings. The van der Waals surface area contributed by atoms with Gasteiger partial charge in [-0.1, -0.05) is 73.1 Å². The number of hydrogen-bond acceptors (Lipinski definition) is 22. The molecule has 0 aromatic heterocycles. The molecule has 14 unspecified atom stereocenters. The van der Waals surface area contributed by atoms with Gasteiger partial charge in [-0.2, -0.15) is 22.3 Å². The Labute approximate surface area is 591 Å². The highest BCUT2D eigenvalue weighted by Gasteiger charge is 2.48. The lowest BCUT2D eigenvalue weighted by Crippen LogP contribution is -2.57. The molecule has 5 saturated heterocycles. The quantitative estimate of drug-likeness (QED) is 0.0121. The van der Waals surface area contributed by atoms with E-state index in [2.05, 4.69) is 84.9 Å². The van der Waals surface area contributed by atoms with Gasteiger partial charge in [0.15, 0.2) is 8.32 Å². The van der Waals surface area contributed by atoms with Gasteiger partial charge in [0, 0.05) is 88.3 Å². The number of hydrogen-bond donors (Lipinski definition) is 8. The van der Waals surface area contributed by atoms with E-state index in [-0.39, 0.29) is 106 Å². The fraction of sp³-hybridized carbons (Fsp3) is 0.879. The second-order valence-electron chi connectivity index (χ2n) is 27.3. The van der Waals surface area contributed by atoms with Crippen LogP contribution in [0.5, 0.6) is 0 Å². The zero-order chi connectivity index (χ0) is 73.0. The van der Waals surface area contributed by atoms with Crippen molar-refractivity contribution < 1.29 is 80.6 Å². The first-order valence-corrected chi connectivity index (χ1v) is 43.2. The van der Waals surface area contributed by atoms with Gasteiger partial charge in [0.1, 0.15) is 36.5 Å². The summed E-state index contributed by atoms with van der Waals surface area (Å²) in [5, 5.41) is 44.9. The van der Waals surface area contributed by atoms with Gasteiger partial charge in [-0.25, -0.2) is 18.7 Å². The third-order valence-corrected chi connectivity index (χ3v) is 25.8. The van der Waals surface area contributed by atoms with Crippen molar-refractivity contribution in [2.24, 2.45) is 22.7 Å². The van der Waals surface area contributed by atoms with Crippen molar-refractivity contribution in [3.63, 3.8) is 0 Å². The van der Waals surface area contributed by atoms with Crippen LogP contribution >= 0.6 is 27.4 Å². The highest BCUT2D eigenvalue weighted by Crippen LogP contribution is 2.55. The van der Waals surface area contributed by atoms with Gasteiger partial charge in [0.05, 0.1) is 77.1 Å². The Morgan fingerprint density at radius 1 is 0.816 bits per heavy atom. The Hall–Kier alpha value is -3.81. The van der Waals surface area contributed by atoms with Crippen molar-refractivity contribution in [1.82, 2.24) is 42.1 Å². The molecule has 32 heteroatoms. The van der Waals surface area contributed by atoms with Crippen LogP contribution in [0.4, 0.5) is 9.59 Å². The number of urea groups is 2. The van der Waals surface area contributed by atoms with Gasteiger partial charge in [0.2, 0.25) is 19.2 Å². The van der Waals surface area contributed by atoms with E-state index in [1.165, 1.54) is 4.90 Å². The lowest BCUT2D eigenvalue weighted by molar-refractivity contribution is -0.122. The Bertz CT molecular complexity index is 2720. The van der Waals surface area contributed by atoms with Gasteiger partial charge in [-0.05, 0) is 115 Å². The zero-order valence-electron chi connectivity index (χ0n) is 61.6. The van der Waals surface area contributed by atoms with Gasteiger partial charge in [-0.15, -0.1) is 0 Å². The number of ether oxygens (including phenoxy) is 2. The SMILES string of the molecule is [2H]OCC1OC(N2CC(C)C(=NCCCCCCNC(=O)CCCCCNC(=O)CCCCCNC(=O)CCCCC3SCC4NC(=O)NC43)NC2=O)CC1OP(=O)(OCCC#N)OCC1OC([3H])CC1OP(=O)(OCCC#N)OCCCNCCC[Si](C)(C)OC(C)(C(C)C)C(C)CC. The maximum atomic E-state index is 14.5. The molecule has 5 heterocycles. The number of nitrogens with one attached hydrogen (secondary N) is 7.